The molecule has 0 unspecified atom stereocenters. The first kappa shape index (κ1) is 28.6. The Balaban J connectivity index is 1.53. The molecule has 1 aromatic heterocycles. The monoisotopic (exact) mass is 579 g/mol. The number of allylic oxidation sites excluding steroid dienone is 1. The molecule has 0 N–H and O–H groups in total. The Morgan fingerprint density at radius 1 is 1.02 bits per heavy atom. The summed E-state index contributed by atoms with van der Waals surface area (Å²) in [6.45, 7) is 6.39. The number of thiazole rings is 1. The molecule has 5 rings (SSSR count). The molecule has 0 saturated carbocycles. The first-order valence-electron chi connectivity index (χ1n) is 13.6. The van der Waals surface area contributed by atoms with Crippen LogP contribution in [-0.2, 0) is 16.1 Å². The van der Waals surface area contributed by atoms with Crippen molar-refractivity contribution in [2.24, 2.45) is 4.99 Å². The van der Waals surface area contributed by atoms with Gasteiger partial charge in [-0.2, -0.15) is 5.26 Å². The zero-order valence-electron chi connectivity index (χ0n) is 23.5. The van der Waals surface area contributed by atoms with Crippen molar-refractivity contribution in [3.63, 3.8) is 0 Å². The van der Waals surface area contributed by atoms with E-state index >= 15 is 0 Å². The Morgan fingerprint density at radius 3 is 2.55 bits per heavy atom. The Labute approximate surface area is 247 Å². The van der Waals surface area contributed by atoms with Crippen LogP contribution in [0.4, 0.5) is 0 Å². The van der Waals surface area contributed by atoms with Crippen molar-refractivity contribution in [1.82, 2.24) is 4.57 Å². The predicted octanol–water partition coefficient (Wildman–Crippen LogP) is 4.65. The van der Waals surface area contributed by atoms with E-state index in [1.807, 2.05) is 73.7 Å². The van der Waals surface area contributed by atoms with Crippen LogP contribution >= 0.6 is 11.3 Å². The van der Waals surface area contributed by atoms with E-state index in [0.717, 1.165) is 16.7 Å². The lowest BCUT2D eigenvalue weighted by Crippen LogP contribution is -2.39. The van der Waals surface area contributed by atoms with Gasteiger partial charge in [-0.1, -0.05) is 53.8 Å². The van der Waals surface area contributed by atoms with Crippen LogP contribution in [0.3, 0.4) is 0 Å². The number of hydrogen-bond donors (Lipinski definition) is 0. The number of hydrogen-bond acceptors (Lipinski definition) is 8. The molecular weight excluding hydrogens is 550 g/mol. The maximum Gasteiger partial charge on any atom is 0.338 e. The number of nitrogens with zero attached hydrogens (tertiary/aromatic N) is 3. The summed E-state index contributed by atoms with van der Waals surface area (Å²) in [5.74, 6) is 0.803. The Hall–Kier alpha value is -4.94. The molecule has 0 radical (unpaired) electrons. The Morgan fingerprint density at radius 2 is 1.81 bits per heavy atom. The first-order chi connectivity index (χ1) is 20.4. The lowest BCUT2D eigenvalue weighted by molar-refractivity contribution is -0.139. The number of aromatic nitrogens is 1. The number of fused-ring (bicyclic) bond motifs is 1. The van der Waals surface area contributed by atoms with Crippen molar-refractivity contribution in [2.45, 2.75) is 33.4 Å². The maximum absolute atomic E-state index is 13.9. The summed E-state index contributed by atoms with van der Waals surface area (Å²) in [5, 5.41) is 9.35. The zero-order valence-corrected chi connectivity index (χ0v) is 24.3. The molecule has 0 saturated heterocycles. The predicted molar refractivity (Wildman–Crippen MR) is 160 cm³/mol. The molecule has 4 aromatic rings. The van der Waals surface area contributed by atoms with Gasteiger partial charge >= 0.3 is 5.97 Å². The van der Waals surface area contributed by atoms with E-state index in [4.69, 9.17) is 14.2 Å². The standard InChI is InChI=1S/C33H29N3O5S/c1-4-39-26-15-13-23(14-16-26)30-29(32(38)40-5-2)21(3)35-33-36(30)31(37)28(42-33)18-22-9-8-12-27(17-22)41-20-25-11-7-6-10-24(25)19-34/h6-18,30H,4-5,20H2,1-3H3/b28-18-/t30-/m1/s1. The minimum absolute atomic E-state index is 0.205. The average Bonchev–Trinajstić information content (AvgIpc) is 3.30. The number of nitriles is 1. The third-order valence-corrected chi connectivity index (χ3v) is 7.69. The van der Waals surface area contributed by atoms with Gasteiger partial charge < -0.3 is 14.2 Å². The van der Waals surface area contributed by atoms with Crippen LogP contribution in [-0.4, -0.2) is 23.8 Å². The van der Waals surface area contributed by atoms with Gasteiger partial charge in [0.1, 0.15) is 18.1 Å². The second-order valence-electron chi connectivity index (χ2n) is 9.43. The van der Waals surface area contributed by atoms with Gasteiger partial charge in [-0.3, -0.25) is 9.36 Å². The lowest BCUT2D eigenvalue weighted by atomic mass is 9.96. The molecule has 0 amide bonds. The number of carbonyl (C=O) groups excluding carboxylic acids is 1. The molecule has 0 aliphatic carbocycles. The van der Waals surface area contributed by atoms with Crippen molar-refractivity contribution in [3.8, 4) is 17.6 Å². The minimum atomic E-state index is -0.701. The van der Waals surface area contributed by atoms with E-state index in [0.29, 0.717) is 44.3 Å². The molecule has 3 aromatic carbocycles. The highest BCUT2D eigenvalue weighted by Gasteiger charge is 2.33. The summed E-state index contributed by atoms with van der Waals surface area (Å²) in [5.41, 5.74) is 3.44. The highest BCUT2D eigenvalue weighted by atomic mass is 32.1. The van der Waals surface area contributed by atoms with E-state index < -0.39 is 12.0 Å². The molecule has 1 aliphatic rings. The third kappa shape index (κ3) is 5.90. The van der Waals surface area contributed by atoms with Crippen LogP contribution < -0.4 is 24.4 Å². The van der Waals surface area contributed by atoms with Crippen LogP contribution in [0.2, 0.25) is 0 Å². The average molecular weight is 580 g/mol. The largest absolute Gasteiger partial charge is 0.494 e. The molecule has 212 valence electrons. The number of carbonyl (C=O) groups is 1. The van der Waals surface area contributed by atoms with Crippen LogP contribution in [0.15, 0.2) is 93.9 Å². The Bertz CT molecular complexity index is 1880. The fourth-order valence-corrected chi connectivity index (χ4v) is 5.83. The fourth-order valence-electron chi connectivity index (χ4n) is 4.78. The van der Waals surface area contributed by atoms with Crippen molar-refractivity contribution in [1.29, 1.82) is 5.26 Å². The van der Waals surface area contributed by atoms with Gasteiger partial charge in [0.05, 0.1) is 46.7 Å². The van der Waals surface area contributed by atoms with Gasteiger partial charge in [0.2, 0.25) is 0 Å². The quantitative estimate of drug-likeness (QED) is 0.268. The van der Waals surface area contributed by atoms with Gasteiger partial charge in [-0.25, -0.2) is 9.79 Å². The molecule has 0 fully saturated rings. The summed E-state index contributed by atoms with van der Waals surface area (Å²) in [6.07, 6.45) is 1.79. The van der Waals surface area contributed by atoms with Gasteiger partial charge in [0.15, 0.2) is 4.80 Å². The highest BCUT2D eigenvalue weighted by molar-refractivity contribution is 7.07. The van der Waals surface area contributed by atoms with Crippen molar-refractivity contribution >= 4 is 23.4 Å². The molecule has 9 heteroatoms. The van der Waals surface area contributed by atoms with Crippen LogP contribution in [0.25, 0.3) is 6.08 Å². The minimum Gasteiger partial charge on any atom is -0.494 e. The molecular formula is C33H29N3O5S. The SMILES string of the molecule is CCOC(=O)C1=C(C)N=c2s/c(=C\c3cccc(OCc4ccccc4C#N)c3)c(=O)n2[C@@H]1c1ccc(OCC)cc1. The molecule has 0 spiro atoms. The number of rotatable bonds is 9. The Kier molecular flexibility index (Phi) is 8.65. The van der Waals surface area contributed by atoms with E-state index in [1.54, 1.807) is 30.6 Å². The van der Waals surface area contributed by atoms with E-state index in [1.165, 1.54) is 11.3 Å². The fraction of sp³-hybridized carbons (Fsp3) is 0.212. The lowest BCUT2D eigenvalue weighted by Gasteiger charge is -2.24. The summed E-state index contributed by atoms with van der Waals surface area (Å²) in [4.78, 5) is 32.1. The number of ether oxygens (including phenoxy) is 3. The van der Waals surface area contributed by atoms with Crippen molar-refractivity contribution < 1.29 is 19.0 Å². The molecule has 1 aliphatic heterocycles. The van der Waals surface area contributed by atoms with E-state index in [2.05, 4.69) is 11.1 Å². The second-order valence-corrected chi connectivity index (χ2v) is 10.4. The van der Waals surface area contributed by atoms with Gasteiger partial charge in [0.25, 0.3) is 5.56 Å². The van der Waals surface area contributed by atoms with Gasteiger partial charge in [-0.05, 0) is 68.3 Å². The van der Waals surface area contributed by atoms with Gasteiger partial charge in [-0.15, -0.1) is 0 Å². The van der Waals surface area contributed by atoms with E-state index in [9.17, 15) is 14.9 Å². The molecule has 8 nitrogen and oxygen atoms in total. The summed E-state index contributed by atoms with van der Waals surface area (Å²) in [7, 11) is 0. The molecule has 1 atom stereocenters. The number of benzene rings is 3. The topological polar surface area (TPSA) is 103 Å². The highest BCUT2D eigenvalue weighted by Crippen LogP contribution is 2.31. The molecule has 2 heterocycles. The summed E-state index contributed by atoms with van der Waals surface area (Å²) < 4.78 is 19.0. The van der Waals surface area contributed by atoms with Crippen molar-refractivity contribution in [3.05, 3.63) is 126 Å². The van der Waals surface area contributed by atoms with E-state index in [-0.39, 0.29) is 18.8 Å². The summed E-state index contributed by atoms with van der Waals surface area (Å²) >= 11 is 1.26. The molecule has 42 heavy (non-hydrogen) atoms. The first-order valence-corrected chi connectivity index (χ1v) is 14.4. The second kappa shape index (κ2) is 12.7. The third-order valence-electron chi connectivity index (χ3n) is 6.71. The van der Waals surface area contributed by atoms with Crippen LogP contribution in [0.1, 0.15) is 49.1 Å². The van der Waals surface area contributed by atoms with Crippen LogP contribution in [0, 0.1) is 11.3 Å². The van der Waals surface area contributed by atoms with Gasteiger partial charge in [0, 0.05) is 5.56 Å². The van der Waals surface area contributed by atoms with Crippen LogP contribution in [0.5, 0.6) is 11.5 Å². The molecule has 0 bridgehead atoms. The smallest absolute Gasteiger partial charge is 0.338 e. The normalized spacial score (nSPS) is 14.5. The zero-order chi connectivity index (χ0) is 29.6. The number of esters is 1. The van der Waals surface area contributed by atoms with Crippen molar-refractivity contribution in [2.75, 3.05) is 13.2 Å². The maximum atomic E-state index is 13.9. The summed E-state index contributed by atoms with van der Waals surface area (Å²) in [6, 6.07) is 23.5.